The van der Waals surface area contributed by atoms with Crippen LogP contribution in [0.2, 0.25) is 0 Å². The van der Waals surface area contributed by atoms with Crippen molar-refractivity contribution in [3.63, 3.8) is 0 Å². The number of nitrogens with zero attached hydrogens (tertiary/aromatic N) is 3. The predicted molar refractivity (Wildman–Crippen MR) is 99.8 cm³/mol. The number of likely N-dealkylation sites (tertiary alicyclic amines) is 1. The van der Waals surface area contributed by atoms with Gasteiger partial charge in [-0.1, -0.05) is 6.07 Å². The Morgan fingerprint density at radius 3 is 3.04 bits per heavy atom. The molecule has 2 N–H and O–H groups in total. The third kappa shape index (κ3) is 5.11. The molecule has 2 aromatic rings. The van der Waals surface area contributed by atoms with Crippen LogP contribution in [-0.4, -0.2) is 51.6 Å². The van der Waals surface area contributed by atoms with Crippen LogP contribution in [0.5, 0.6) is 0 Å². The van der Waals surface area contributed by atoms with Crippen molar-refractivity contribution >= 4 is 29.2 Å². The quantitative estimate of drug-likeness (QED) is 0.741. The molecule has 6 nitrogen and oxygen atoms in total. The van der Waals surface area contributed by atoms with Gasteiger partial charge in [0.05, 0.1) is 18.1 Å². The number of anilines is 1. The lowest BCUT2D eigenvalue weighted by Gasteiger charge is -2.16. The summed E-state index contributed by atoms with van der Waals surface area (Å²) in [4.78, 5) is 23.3. The van der Waals surface area contributed by atoms with E-state index in [2.05, 4.69) is 37.7 Å². The summed E-state index contributed by atoms with van der Waals surface area (Å²) in [5.41, 5.74) is 0.793. The Labute approximate surface area is 151 Å². The van der Waals surface area contributed by atoms with Gasteiger partial charge >= 0.3 is 5.97 Å². The number of hydrogen-bond donors (Lipinski definition) is 2. The van der Waals surface area contributed by atoms with Crippen LogP contribution < -0.4 is 5.32 Å². The monoisotopic (exact) mass is 358 g/mol. The number of thiophene rings is 1. The maximum absolute atomic E-state index is 10.8. The molecular weight excluding hydrogens is 336 g/mol. The Morgan fingerprint density at radius 2 is 2.36 bits per heavy atom. The van der Waals surface area contributed by atoms with Gasteiger partial charge in [0.25, 0.3) is 0 Å². The summed E-state index contributed by atoms with van der Waals surface area (Å²) < 4.78 is 0. The second-order valence-electron chi connectivity index (χ2n) is 6.22. The van der Waals surface area contributed by atoms with Gasteiger partial charge in [0.2, 0.25) is 0 Å². The van der Waals surface area contributed by atoms with Crippen molar-refractivity contribution in [2.24, 2.45) is 0 Å². The van der Waals surface area contributed by atoms with Crippen molar-refractivity contribution in [1.29, 1.82) is 0 Å². The Bertz CT molecular complexity index is 728. The molecular formula is C18H22N4O2S. The molecule has 0 saturated carbocycles. The van der Waals surface area contributed by atoms with E-state index in [-0.39, 0.29) is 5.57 Å². The van der Waals surface area contributed by atoms with Crippen LogP contribution in [0.4, 0.5) is 5.82 Å². The van der Waals surface area contributed by atoms with E-state index in [0.717, 1.165) is 38.3 Å². The first-order chi connectivity index (χ1) is 12.1. The number of carboxylic acid groups (broad SMARTS) is 1. The van der Waals surface area contributed by atoms with Crippen molar-refractivity contribution in [3.8, 4) is 0 Å². The number of rotatable bonds is 7. The lowest BCUT2D eigenvalue weighted by Crippen LogP contribution is -2.28. The first-order valence-electron chi connectivity index (χ1n) is 8.35. The second-order valence-corrected chi connectivity index (χ2v) is 7.25. The number of aliphatic carboxylic acids is 1. The molecule has 0 radical (unpaired) electrons. The van der Waals surface area contributed by atoms with Crippen molar-refractivity contribution in [2.45, 2.75) is 25.8 Å². The van der Waals surface area contributed by atoms with Crippen molar-refractivity contribution in [2.75, 3.05) is 25.0 Å². The molecule has 25 heavy (non-hydrogen) atoms. The first kappa shape index (κ1) is 17.6. The molecule has 132 valence electrons. The van der Waals surface area contributed by atoms with Crippen LogP contribution in [0.3, 0.4) is 0 Å². The third-order valence-corrected chi connectivity index (χ3v) is 5.19. The van der Waals surface area contributed by atoms with Gasteiger partial charge < -0.3 is 15.3 Å². The molecule has 1 saturated heterocycles. The molecule has 2 aromatic heterocycles. The van der Waals surface area contributed by atoms with Crippen molar-refractivity contribution in [3.05, 3.63) is 46.1 Å². The number of nitrogens with one attached hydrogen (secondary N) is 1. The molecule has 3 rings (SSSR count). The van der Waals surface area contributed by atoms with Gasteiger partial charge in [0.1, 0.15) is 5.82 Å². The molecule has 1 atom stereocenters. The zero-order valence-corrected chi connectivity index (χ0v) is 15.0. The summed E-state index contributed by atoms with van der Waals surface area (Å²) in [6.07, 6.45) is 6.97. The molecule has 0 aliphatic carbocycles. The average molecular weight is 358 g/mol. The molecule has 0 bridgehead atoms. The average Bonchev–Trinajstić information content (AvgIpc) is 3.26. The largest absolute Gasteiger partial charge is 0.478 e. The number of carbonyl (C=O) groups is 1. The Morgan fingerprint density at radius 1 is 1.48 bits per heavy atom. The van der Waals surface area contributed by atoms with Gasteiger partial charge in [0.15, 0.2) is 0 Å². The zero-order valence-electron chi connectivity index (χ0n) is 14.2. The molecule has 1 aliphatic heterocycles. The maximum Gasteiger partial charge on any atom is 0.331 e. The molecule has 7 heteroatoms. The molecule has 0 unspecified atom stereocenters. The van der Waals surface area contributed by atoms with E-state index in [1.165, 1.54) is 11.0 Å². The van der Waals surface area contributed by atoms with Gasteiger partial charge in [0, 0.05) is 36.1 Å². The minimum Gasteiger partial charge on any atom is -0.478 e. The van der Waals surface area contributed by atoms with Crippen LogP contribution in [0, 0.1) is 0 Å². The van der Waals surface area contributed by atoms with Gasteiger partial charge in [-0.3, -0.25) is 4.98 Å². The summed E-state index contributed by atoms with van der Waals surface area (Å²) in [5.74, 6) is -0.215. The van der Waals surface area contributed by atoms with E-state index >= 15 is 0 Å². The fourth-order valence-electron chi connectivity index (χ4n) is 2.86. The summed E-state index contributed by atoms with van der Waals surface area (Å²) in [6, 6.07) is 4.66. The SMILES string of the molecule is CC(=Cc1cnc(N[C@@H]2CCN(CCc3cccs3)C2)cn1)C(=O)O. The topological polar surface area (TPSA) is 78.4 Å². The maximum atomic E-state index is 10.8. The Balaban J connectivity index is 1.48. The highest BCUT2D eigenvalue weighted by atomic mass is 32.1. The fraction of sp³-hybridized carbons (Fsp3) is 0.389. The van der Waals surface area contributed by atoms with E-state index in [9.17, 15) is 4.79 Å². The number of hydrogen-bond acceptors (Lipinski definition) is 6. The van der Waals surface area contributed by atoms with Crippen LogP contribution in [0.15, 0.2) is 35.5 Å². The van der Waals surface area contributed by atoms with Crippen LogP contribution >= 0.6 is 11.3 Å². The van der Waals surface area contributed by atoms with Crippen LogP contribution in [0.1, 0.15) is 23.9 Å². The highest BCUT2D eigenvalue weighted by Crippen LogP contribution is 2.16. The molecule has 0 spiro atoms. The number of carboxylic acids is 1. The summed E-state index contributed by atoms with van der Waals surface area (Å²) in [6.45, 7) is 4.73. The molecule has 0 amide bonds. The second kappa shape index (κ2) is 8.22. The lowest BCUT2D eigenvalue weighted by atomic mass is 10.2. The van der Waals surface area contributed by atoms with Crippen molar-refractivity contribution < 1.29 is 9.90 Å². The van der Waals surface area contributed by atoms with Gasteiger partial charge in [-0.25, -0.2) is 9.78 Å². The van der Waals surface area contributed by atoms with E-state index in [1.54, 1.807) is 19.3 Å². The third-order valence-electron chi connectivity index (χ3n) is 4.25. The first-order valence-corrected chi connectivity index (χ1v) is 9.23. The van der Waals surface area contributed by atoms with Gasteiger partial charge in [-0.05, 0) is 37.3 Å². The van der Waals surface area contributed by atoms with E-state index in [1.807, 2.05) is 11.3 Å². The summed E-state index contributed by atoms with van der Waals surface area (Å²) >= 11 is 1.81. The summed E-state index contributed by atoms with van der Waals surface area (Å²) in [5, 5.41) is 14.4. The standard InChI is InChI=1S/C18H22N4O2S/c1-13(18(23)24)9-15-10-20-17(11-19-15)21-14-4-6-22(12-14)7-5-16-3-2-8-25-16/h2-3,8-11,14H,4-7,12H2,1H3,(H,20,21)(H,23,24)/t14-/m1/s1. The zero-order chi connectivity index (χ0) is 17.6. The Kier molecular flexibility index (Phi) is 5.78. The highest BCUT2D eigenvalue weighted by molar-refractivity contribution is 7.09. The lowest BCUT2D eigenvalue weighted by molar-refractivity contribution is -0.132. The molecule has 1 aliphatic rings. The van der Waals surface area contributed by atoms with E-state index in [4.69, 9.17) is 5.11 Å². The Hall–Kier alpha value is -2.25. The van der Waals surface area contributed by atoms with Crippen molar-refractivity contribution in [1.82, 2.24) is 14.9 Å². The molecule has 1 fully saturated rings. The highest BCUT2D eigenvalue weighted by Gasteiger charge is 2.22. The van der Waals surface area contributed by atoms with Gasteiger partial charge in [-0.15, -0.1) is 11.3 Å². The summed E-state index contributed by atoms with van der Waals surface area (Å²) in [7, 11) is 0. The van der Waals surface area contributed by atoms with Crippen LogP contribution in [-0.2, 0) is 11.2 Å². The minimum atomic E-state index is -0.947. The predicted octanol–water partition coefficient (Wildman–Crippen LogP) is 2.75. The fourth-order valence-corrected chi connectivity index (χ4v) is 3.55. The number of aromatic nitrogens is 2. The molecule has 3 heterocycles. The van der Waals surface area contributed by atoms with Gasteiger partial charge in [-0.2, -0.15) is 0 Å². The normalized spacial score (nSPS) is 18.4. The smallest absolute Gasteiger partial charge is 0.331 e. The minimum absolute atomic E-state index is 0.243. The van der Waals surface area contributed by atoms with Crippen LogP contribution in [0.25, 0.3) is 6.08 Å². The van der Waals surface area contributed by atoms with E-state index < -0.39 is 5.97 Å². The van der Waals surface area contributed by atoms with E-state index in [0.29, 0.717) is 11.7 Å². The molecule has 0 aromatic carbocycles.